The summed E-state index contributed by atoms with van der Waals surface area (Å²) in [4.78, 5) is 0. The topological polar surface area (TPSA) is 35.8 Å². The van der Waals surface area contributed by atoms with Crippen LogP contribution in [0.2, 0.25) is 0 Å². The molecule has 3 heteroatoms. The largest absolute Gasteiger partial charge is 0.316 e. The summed E-state index contributed by atoms with van der Waals surface area (Å²) in [5, 5.41) is 11.7. The van der Waals surface area contributed by atoms with Crippen LogP contribution in [0.25, 0.3) is 0 Å². The van der Waals surface area contributed by atoms with Crippen molar-refractivity contribution in [2.75, 3.05) is 25.1 Å². The Hall–Kier alpha value is -0.200. The summed E-state index contributed by atoms with van der Waals surface area (Å²) < 4.78 is 0. The maximum Gasteiger partial charge on any atom is 0.0621 e. The van der Waals surface area contributed by atoms with Crippen molar-refractivity contribution in [1.29, 1.82) is 5.26 Å². The SMILES string of the molecule is CSCC(C)CNCCCCC#N. The first-order chi connectivity index (χ1) is 6.31. The van der Waals surface area contributed by atoms with E-state index in [0.29, 0.717) is 6.42 Å². The minimum atomic E-state index is 0.696. The number of nitrogens with zero attached hydrogens (tertiary/aromatic N) is 1. The van der Waals surface area contributed by atoms with Crippen LogP contribution in [0.1, 0.15) is 26.2 Å². The van der Waals surface area contributed by atoms with E-state index in [9.17, 15) is 0 Å². The zero-order valence-electron chi connectivity index (χ0n) is 8.68. The molecule has 0 bridgehead atoms. The summed E-state index contributed by atoms with van der Waals surface area (Å²) in [6.45, 7) is 4.42. The Balaban J connectivity index is 3.03. The molecule has 76 valence electrons. The maximum absolute atomic E-state index is 8.31. The van der Waals surface area contributed by atoms with E-state index in [1.165, 1.54) is 5.75 Å². The van der Waals surface area contributed by atoms with Gasteiger partial charge in [0, 0.05) is 6.42 Å². The number of nitriles is 1. The Labute approximate surface area is 86.1 Å². The minimum Gasteiger partial charge on any atom is -0.316 e. The smallest absolute Gasteiger partial charge is 0.0621 e. The number of hydrogen-bond acceptors (Lipinski definition) is 3. The van der Waals surface area contributed by atoms with Crippen molar-refractivity contribution in [3.8, 4) is 6.07 Å². The quantitative estimate of drug-likeness (QED) is 0.611. The van der Waals surface area contributed by atoms with E-state index in [0.717, 1.165) is 31.8 Å². The van der Waals surface area contributed by atoms with E-state index >= 15 is 0 Å². The van der Waals surface area contributed by atoms with Crippen molar-refractivity contribution >= 4 is 11.8 Å². The van der Waals surface area contributed by atoms with Crippen LogP contribution >= 0.6 is 11.8 Å². The third-order valence-electron chi connectivity index (χ3n) is 1.84. The fraction of sp³-hybridized carbons (Fsp3) is 0.900. The van der Waals surface area contributed by atoms with Gasteiger partial charge in [-0.2, -0.15) is 17.0 Å². The maximum atomic E-state index is 8.31. The van der Waals surface area contributed by atoms with E-state index in [4.69, 9.17) is 5.26 Å². The zero-order valence-corrected chi connectivity index (χ0v) is 9.49. The summed E-state index contributed by atoms with van der Waals surface area (Å²) in [7, 11) is 0. The first-order valence-corrected chi connectivity index (χ1v) is 6.27. The molecular weight excluding hydrogens is 180 g/mol. The Morgan fingerprint density at radius 2 is 2.23 bits per heavy atom. The van der Waals surface area contributed by atoms with Crippen LogP contribution < -0.4 is 5.32 Å². The molecule has 0 radical (unpaired) electrons. The van der Waals surface area contributed by atoms with Gasteiger partial charge in [-0.05, 0) is 43.9 Å². The van der Waals surface area contributed by atoms with Gasteiger partial charge >= 0.3 is 0 Å². The lowest BCUT2D eigenvalue weighted by Crippen LogP contribution is -2.23. The van der Waals surface area contributed by atoms with Crippen LogP contribution in [0, 0.1) is 17.2 Å². The zero-order chi connectivity index (χ0) is 9.94. The van der Waals surface area contributed by atoms with Crippen molar-refractivity contribution in [2.45, 2.75) is 26.2 Å². The summed E-state index contributed by atoms with van der Waals surface area (Å²) in [6.07, 6.45) is 4.99. The molecule has 0 saturated carbocycles. The molecule has 1 unspecified atom stereocenters. The summed E-state index contributed by atoms with van der Waals surface area (Å²) in [6, 6.07) is 2.16. The molecule has 0 aliphatic rings. The number of hydrogen-bond donors (Lipinski definition) is 1. The van der Waals surface area contributed by atoms with E-state index in [1.54, 1.807) is 0 Å². The van der Waals surface area contributed by atoms with Crippen molar-refractivity contribution in [2.24, 2.45) is 5.92 Å². The van der Waals surface area contributed by atoms with Gasteiger partial charge in [0.25, 0.3) is 0 Å². The molecule has 0 aromatic rings. The molecule has 0 amide bonds. The van der Waals surface area contributed by atoms with Crippen LogP contribution in [-0.4, -0.2) is 25.1 Å². The number of rotatable bonds is 8. The highest BCUT2D eigenvalue weighted by Crippen LogP contribution is 2.02. The van der Waals surface area contributed by atoms with Crippen LogP contribution in [0.3, 0.4) is 0 Å². The molecule has 13 heavy (non-hydrogen) atoms. The Morgan fingerprint density at radius 1 is 1.46 bits per heavy atom. The average molecular weight is 200 g/mol. The lowest BCUT2D eigenvalue weighted by atomic mass is 10.2. The number of nitrogens with one attached hydrogen (secondary N) is 1. The summed E-state index contributed by atoms with van der Waals surface area (Å²) in [5.74, 6) is 1.98. The molecule has 0 aliphatic heterocycles. The lowest BCUT2D eigenvalue weighted by Gasteiger charge is -2.10. The Morgan fingerprint density at radius 3 is 2.85 bits per heavy atom. The fourth-order valence-electron chi connectivity index (χ4n) is 1.15. The van der Waals surface area contributed by atoms with E-state index < -0.39 is 0 Å². The van der Waals surface area contributed by atoms with E-state index in [2.05, 4.69) is 24.6 Å². The number of thioether (sulfide) groups is 1. The highest BCUT2D eigenvalue weighted by Gasteiger charge is 1.98. The molecule has 0 fully saturated rings. The van der Waals surface area contributed by atoms with Crippen molar-refractivity contribution in [3.05, 3.63) is 0 Å². The third-order valence-corrected chi connectivity index (χ3v) is 2.74. The van der Waals surface area contributed by atoms with Gasteiger partial charge in [-0.15, -0.1) is 0 Å². The van der Waals surface area contributed by atoms with Crippen LogP contribution in [-0.2, 0) is 0 Å². The average Bonchev–Trinajstić information content (AvgIpc) is 2.11. The van der Waals surface area contributed by atoms with Gasteiger partial charge in [-0.3, -0.25) is 0 Å². The molecule has 0 aliphatic carbocycles. The van der Waals surface area contributed by atoms with E-state index in [1.807, 2.05) is 11.8 Å². The van der Waals surface area contributed by atoms with Crippen molar-refractivity contribution in [3.63, 3.8) is 0 Å². The summed E-state index contributed by atoms with van der Waals surface area (Å²) in [5.41, 5.74) is 0. The first kappa shape index (κ1) is 12.8. The molecule has 0 heterocycles. The fourth-order valence-corrected chi connectivity index (χ4v) is 1.83. The predicted octanol–water partition coefficient (Wildman–Crippen LogP) is 2.27. The van der Waals surface area contributed by atoms with Crippen molar-refractivity contribution < 1.29 is 0 Å². The van der Waals surface area contributed by atoms with Crippen molar-refractivity contribution in [1.82, 2.24) is 5.32 Å². The highest BCUT2D eigenvalue weighted by atomic mass is 32.2. The summed E-state index contributed by atoms with van der Waals surface area (Å²) >= 11 is 1.90. The second-order valence-corrected chi connectivity index (χ2v) is 4.29. The minimum absolute atomic E-state index is 0.696. The second-order valence-electron chi connectivity index (χ2n) is 3.38. The van der Waals surface area contributed by atoms with Gasteiger partial charge in [0.05, 0.1) is 6.07 Å². The Kier molecular flexibility index (Phi) is 9.73. The molecule has 2 nitrogen and oxygen atoms in total. The van der Waals surface area contributed by atoms with Gasteiger partial charge in [-0.1, -0.05) is 6.92 Å². The van der Waals surface area contributed by atoms with Gasteiger partial charge in [0.2, 0.25) is 0 Å². The normalized spacial score (nSPS) is 12.4. The standard InChI is InChI=1S/C10H20N2S/c1-10(9-13-2)8-12-7-5-3-4-6-11/h10,12H,3-5,7-9H2,1-2H3. The predicted molar refractivity (Wildman–Crippen MR) is 59.9 cm³/mol. The van der Waals surface area contributed by atoms with E-state index in [-0.39, 0.29) is 0 Å². The van der Waals surface area contributed by atoms with Gasteiger partial charge in [0.1, 0.15) is 0 Å². The first-order valence-electron chi connectivity index (χ1n) is 4.88. The molecule has 0 aromatic carbocycles. The second kappa shape index (κ2) is 9.88. The van der Waals surface area contributed by atoms with Gasteiger partial charge < -0.3 is 5.32 Å². The molecule has 1 atom stereocenters. The molecule has 0 rings (SSSR count). The molecular formula is C10H20N2S. The van der Waals surface area contributed by atoms with Crippen LogP contribution in [0.15, 0.2) is 0 Å². The third kappa shape index (κ3) is 9.72. The van der Waals surface area contributed by atoms with Crippen LogP contribution in [0.4, 0.5) is 0 Å². The molecule has 0 spiro atoms. The molecule has 0 aromatic heterocycles. The lowest BCUT2D eigenvalue weighted by molar-refractivity contribution is 0.543. The van der Waals surface area contributed by atoms with Crippen LogP contribution in [0.5, 0.6) is 0 Å². The Bertz CT molecular complexity index is 142. The molecule has 0 saturated heterocycles. The number of unbranched alkanes of at least 4 members (excludes halogenated alkanes) is 2. The highest BCUT2D eigenvalue weighted by molar-refractivity contribution is 7.98. The van der Waals surface area contributed by atoms with Gasteiger partial charge in [0.15, 0.2) is 0 Å². The monoisotopic (exact) mass is 200 g/mol. The molecule has 1 N–H and O–H groups in total. The van der Waals surface area contributed by atoms with Gasteiger partial charge in [-0.25, -0.2) is 0 Å².